The van der Waals surface area contributed by atoms with Crippen molar-refractivity contribution in [2.24, 2.45) is 0 Å². The first-order valence-corrected chi connectivity index (χ1v) is 5.33. The summed E-state index contributed by atoms with van der Waals surface area (Å²) in [5, 5.41) is 6.36. The molecule has 0 fully saturated rings. The van der Waals surface area contributed by atoms with Gasteiger partial charge in [0, 0.05) is 12.1 Å². The second kappa shape index (κ2) is 4.45. The number of nitrogens with one attached hydrogen (secondary N) is 1. The average Bonchev–Trinajstić information content (AvgIpc) is 2.81. The zero-order valence-corrected chi connectivity index (χ0v) is 10.0. The van der Waals surface area contributed by atoms with Gasteiger partial charge in [-0.2, -0.15) is 0 Å². The molecule has 0 saturated heterocycles. The molecule has 0 aliphatic carbocycles. The SMILES string of the molecule is Cc1cc(CNC(=O)c2cnoc2C)c(C)o1. The van der Waals surface area contributed by atoms with Gasteiger partial charge in [-0.15, -0.1) is 0 Å². The number of rotatable bonds is 3. The molecule has 0 spiro atoms. The van der Waals surface area contributed by atoms with Crippen molar-refractivity contribution in [3.63, 3.8) is 0 Å². The fourth-order valence-corrected chi connectivity index (χ4v) is 1.65. The zero-order valence-electron chi connectivity index (χ0n) is 10.0. The Morgan fingerprint density at radius 2 is 2.12 bits per heavy atom. The van der Waals surface area contributed by atoms with Gasteiger partial charge in [0.05, 0.1) is 6.20 Å². The topological polar surface area (TPSA) is 68.3 Å². The van der Waals surface area contributed by atoms with Crippen LogP contribution < -0.4 is 5.32 Å². The third kappa shape index (κ3) is 2.38. The Labute approximate surface area is 98.8 Å². The van der Waals surface area contributed by atoms with Crippen LogP contribution in [0.5, 0.6) is 0 Å². The molecule has 0 radical (unpaired) electrons. The van der Waals surface area contributed by atoms with E-state index in [9.17, 15) is 4.79 Å². The van der Waals surface area contributed by atoms with Crippen LogP contribution in [0.2, 0.25) is 0 Å². The van der Waals surface area contributed by atoms with Crippen LogP contribution in [-0.4, -0.2) is 11.1 Å². The summed E-state index contributed by atoms with van der Waals surface area (Å²) in [5.41, 5.74) is 1.44. The molecule has 5 nitrogen and oxygen atoms in total. The molecule has 0 aliphatic heterocycles. The van der Waals surface area contributed by atoms with E-state index in [0.29, 0.717) is 17.9 Å². The fraction of sp³-hybridized carbons (Fsp3) is 0.333. The summed E-state index contributed by atoms with van der Waals surface area (Å²) in [4.78, 5) is 11.8. The van der Waals surface area contributed by atoms with Crippen molar-refractivity contribution in [1.29, 1.82) is 0 Å². The molecule has 2 aromatic heterocycles. The third-order valence-corrected chi connectivity index (χ3v) is 2.58. The van der Waals surface area contributed by atoms with Gasteiger partial charge in [-0.3, -0.25) is 4.79 Å². The number of aromatic nitrogens is 1. The number of aryl methyl sites for hydroxylation is 3. The van der Waals surface area contributed by atoms with E-state index in [4.69, 9.17) is 8.94 Å². The van der Waals surface area contributed by atoms with E-state index in [0.717, 1.165) is 17.1 Å². The summed E-state index contributed by atoms with van der Waals surface area (Å²) in [6.45, 7) is 5.89. The molecule has 90 valence electrons. The first-order valence-electron chi connectivity index (χ1n) is 5.33. The Hall–Kier alpha value is -2.04. The van der Waals surface area contributed by atoms with Crippen LogP contribution in [0.3, 0.4) is 0 Å². The van der Waals surface area contributed by atoms with Crippen molar-refractivity contribution >= 4 is 5.91 Å². The Bertz CT molecular complexity index is 540. The highest BCUT2D eigenvalue weighted by Crippen LogP contribution is 2.13. The predicted molar refractivity (Wildman–Crippen MR) is 60.6 cm³/mol. The van der Waals surface area contributed by atoms with Crippen LogP contribution >= 0.6 is 0 Å². The Kier molecular flexibility index (Phi) is 2.99. The third-order valence-electron chi connectivity index (χ3n) is 2.58. The second-order valence-electron chi connectivity index (χ2n) is 3.92. The number of nitrogens with zero attached hydrogens (tertiary/aromatic N) is 1. The van der Waals surface area contributed by atoms with E-state index in [1.54, 1.807) is 6.92 Å². The Morgan fingerprint density at radius 3 is 2.65 bits per heavy atom. The molecule has 0 unspecified atom stereocenters. The van der Waals surface area contributed by atoms with Gasteiger partial charge in [0.1, 0.15) is 22.8 Å². The minimum absolute atomic E-state index is 0.193. The van der Waals surface area contributed by atoms with Crippen LogP contribution in [-0.2, 0) is 6.54 Å². The number of carbonyl (C=O) groups is 1. The van der Waals surface area contributed by atoms with Gasteiger partial charge in [0.25, 0.3) is 5.91 Å². The highest BCUT2D eigenvalue weighted by atomic mass is 16.5. The van der Waals surface area contributed by atoms with Crippen LogP contribution in [0.15, 0.2) is 21.2 Å². The van der Waals surface area contributed by atoms with Crippen LogP contribution in [0.1, 0.15) is 33.2 Å². The molecule has 2 heterocycles. The maximum absolute atomic E-state index is 11.8. The molecular formula is C12H14N2O3. The van der Waals surface area contributed by atoms with E-state index in [1.807, 2.05) is 19.9 Å². The maximum atomic E-state index is 11.8. The van der Waals surface area contributed by atoms with Gasteiger partial charge in [-0.25, -0.2) is 0 Å². The largest absolute Gasteiger partial charge is 0.466 e. The monoisotopic (exact) mass is 234 g/mol. The maximum Gasteiger partial charge on any atom is 0.256 e. The molecule has 5 heteroatoms. The summed E-state index contributed by atoms with van der Waals surface area (Å²) in [6, 6.07) is 1.91. The summed E-state index contributed by atoms with van der Waals surface area (Å²) < 4.78 is 10.2. The molecule has 2 rings (SSSR count). The number of hydrogen-bond acceptors (Lipinski definition) is 4. The normalized spacial score (nSPS) is 10.5. The lowest BCUT2D eigenvalue weighted by Gasteiger charge is -2.02. The van der Waals surface area contributed by atoms with E-state index >= 15 is 0 Å². The predicted octanol–water partition coefficient (Wildman–Crippen LogP) is 2.12. The van der Waals surface area contributed by atoms with Crippen molar-refractivity contribution in [3.8, 4) is 0 Å². The van der Waals surface area contributed by atoms with Crippen molar-refractivity contribution in [1.82, 2.24) is 10.5 Å². The van der Waals surface area contributed by atoms with Gasteiger partial charge in [-0.1, -0.05) is 5.16 Å². The Balaban J connectivity index is 2.02. The lowest BCUT2D eigenvalue weighted by Crippen LogP contribution is -2.23. The van der Waals surface area contributed by atoms with Crippen LogP contribution in [0.4, 0.5) is 0 Å². The highest BCUT2D eigenvalue weighted by Gasteiger charge is 2.13. The summed E-state index contributed by atoms with van der Waals surface area (Å²) in [7, 11) is 0. The van der Waals surface area contributed by atoms with E-state index < -0.39 is 0 Å². The van der Waals surface area contributed by atoms with E-state index in [2.05, 4.69) is 10.5 Å². The molecule has 1 N–H and O–H groups in total. The first-order chi connectivity index (χ1) is 8.08. The first kappa shape index (κ1) is 11.4. The van der Waals surface area contributed by atoms with Gasteiger partial charge >= 0.3 is 0 Å². The summed E-state index contributed by atoms with van der Waals surface area (Å²) in [6.07, 6.45) is 1.41. The zero-order chi connectivity index (χ0) is 12.4. The van der Waals surface area contributed by atoms with Gasteiger partial charge < -0.3 is 14.3 Å². The van der Waals surface area contributed by atoms with Crippen molar-refractivity contribution in [2.75, 3.05) is 0 Å². The average molecular weight is 234 g/mol. The number of hydrogen-bond donors (Lipinski definition) is 1. The van der Waals surface area contributed by atoms with Crippen molar-refractivity contribution in [2.45, 2.75) is 27.3 Å². The molecule has 1 amide bonds. The van der Waals surface area contributed by atoms with Gasteiger partial charge in [0.2, 0.25) is 0 Å². The molecular weight excluding hydrogens is 220 g/mol. The molecule has 0 aromatic carbocycles. The standard InChI is InChI=1S/C12H14N2O3/c1-7-4-10(8(2)16-7)5-13-12(15)11-6-14-17-9(11)3/h4,6H,5H2,1-3H3,(H,13,15). The number of furan rings is 1. The van der Waals surface area contributed by atoms with E-state index in [1.165, 1.54) is 6.20 Å². The van der Waals surface area contributed by atoms with Crippen molar-refractivity contribution in [3.05, 3.63) is 40.7 Å². The molecule has 17 heavy (non-hydrogen) atoms. The molecule has 0 aliphatic rings. The lowest BCUT2D eigenvalue weighted by molar-refractivity contribution is 0.0949. The second-order valence-corrected chi connectivity index (χ2v) is 3.92. The van der Waals surface area contributed by atoms with E-state index in [-0.39, 0.29) is 5.91 Å². The van der Waals surface area contributed by atoms with Gasteiger partial charge in [0.15, 0.2) is 0 Å². The fourth-order valence-electron chi connectivity index (χ4n) is 1.65. The summed E-state index contributed by atoms with van der Waals surface area (Å²) >= 11 is 0. The number of carbonyl (C=O) groups excluding carboxylic acids is 1. The van der Waals surface area contributed by atoms with Crippen molar-refractivity contribution < 1.29 is 13.7 Å². The Morgan fingerprint density at radius 1 is 1.35 bits per heavy atom. The smallest absolute Gasteiger partial charge is 0.256 e. The van der Waals surface area contributed by atoms with Crippen LogP contribution in [0, 0.1) is 20.8 Å². The quantitative estimate of drug-likeness (QED) is 0.883. The molecule has 0 bridgehead atoms. The lowest BCUT2D eigenvalue weighted by atomic mass is 10.2. The minimum atomic E-state index is -0.193. The summed E-state index contributed by atoms with van der Waals surface area (Å²) in [5.74, 6) is 1.99. The van der Waals surface area contributed by atoms with Gasteiger partial charge in [-0.05, 0) is 26.8 Å². The highest BCUT2D eigenvalue weighted by molar-refractivity contribution is 5.94. The van der Waals surface area contributed by atoms with Crippen LogP contribution in [0.25, 0.3) is 0 Å². The number of amides is 1. The molecule has 0 atom stereocenters. The minimum Gasteiger partial charge on any atom is -0.466 e. The molecule has 0 saturated carbocycles. The molecule has 2 aromatic rings.